The van der Waals surface area contributed by atoms with Crippen LogP contribution in [0.3, 0.4) is 0 Å². The maximum Gasteiger partial charge on any atom is 3.00 e. The summed E-state index contributed by atoms with van der Waals surface area (Å²) in [5, 5.41) is 0. The molecule has 0 aliphatic rings. The van der Waals surface area contributed by atoms with Crippen molar-refractivity contribution in [1.29, 1.82) is 0 Å². The van der Waals surface area contributed by atoms with Crippen LogP contribution >= 0.6 is 0 Å². The Balaban J connectivity index is -0.0000000267. The minimum atomic E-state index is 0. The minimum Gasteiger partial charge on any atom is -1.00 e. The molecule has 0 aliphatic heterocycles. The summed E-state index contributed by atoms with van der Waals surface area (Å²) in [5.74, 6) is 0. The topological polar surface area (TPSA) is 9.23 Å². The standard InChI is InChI=1S/C4H7O.Ce.2ClH/c1-3-5-4-2;;;/h1,4H2,2H3;;2*1H/q-1;+3;;/p-2. The molecule has 4 heteroatoms. The van der Waals surface area contributed by atoms with E-state index in [1.54, 1.807) is 0 Å². The molecule has 0 amide bonds. The average molecular weight is 282 g/mol. The molecule has 1 nitrogen and oxygen atoms in total. The van der Waals surface area contributed by atoms with Crippen LogP contribution in [0.15, 0.2) is 6.58 Å². The first-order valence-corrected chi connectivity index (χ1v) is 1.55. The van der Waals surface area contributed by atoms with Gasteiger partial charge in [-0.2, -0.15) is 0 Å². The maximum absolute atomic E-state index is 4.47. The summed E-state index contributed by atoms with van der Waals surface area (Å²) in [6.45, 7) is 5.76. The molecule has 0 aromatic heterocycles. The van der Waals surface area contributed by atoms with Crippen molar-refractivity contribution in [2.75, 3.05) is 6.61 Å². The second kappa shape index (κ2) is 23.6. The van der Waals surface area contributed by atoms with Gasteiger partial charge < -0.3 is 35.8 Å². The van der Waals surface area contributed by atoms with Gasteiger partial charge in [0.05, 0.1) is 0 Å². The van der Waals surface area contributed by atoms with Crippen molar-refractivity contribution in [3.05, 3.63) is 12.8 Å². The Hall–Kier alpha value is 1.50. The monoisotopic (exact) mass is 281 g/mol. The zero-order valence-electron chi connectivity index (χ0n) is 4.58. The van der Waals surface area contributed by atoms with Crippen LogP contribution in [0.5, 0.6) is 0 Å². The smallest absolute Gasteiger partial charge is 1.00 e. The summed E-state index contributed by atoms with van der Waals surface area (Å²) in [4.78, 5) is 0. The molecule has 0 spiro atoms. The molecular formula is C4H7CeCl2O. The van der Waals surface area contributed by atoms with Crippen LogP contribution in [0, 0.1) is 48.0 Å². The van der Waals surface area contributed by atoms with Crippen LogP contribution in [0.4, 0.5) is 0 Å². The Bertz CT molecular complexity index is 35.2. The van der Waals surface area contributed by atoms with E-state index in [4.69, 9.17) is 0 Å². The number of hydrogen-bond donors (Lipinski definition) is 0. The zero-order chi connectivity index (χ0) is 4.12. The van der Waals surface area contributed by atoms with E-state index >= 15 is 0 Å². The van der Waals surface area contributed by atoms with E-state index in [9.17, 15) is 0 Å². The van der Waals surface area contributed by atoms with Crippen molar-refractivity contribution < 1.29 is 71.3 Å². The third-order valence-electron chi connectivity index (χ3n) is 0.246. The quantitative estimate of drug-likeness (QED) is 0.364. The maximum atomic E-state index is 4.47. The van der Waals surface area contributed by atoms with Crippen LogP contribution in [0.2, 0.25) is 0 Å². The molecule has 0 N–H and O–H groups in total. The molecule has 0 unspecified atom stereocenters. The average Bonchev–Trinajstić information content (AvgIpc) is 1.41. The second-order valence-corrected chi connectivity index (χ2v) is 0.577. The molecular weight excluding hydrogens is 275 g/mol. The number of ether oxygens (including phenoxy) is 1. The van der Waals surface area contributed by atoms with Crippen LogP contribution in [0.25, 0.3) is 0 Å². The summed E-state index contributed by atoms with van der Waals surface area (Å²) in [7, 11) is 0. The van der Waals surface area contributed by atoms with E-state index in [1.807, 2.05) is 6.92 Å². The van der Waals surface area contributed by atoms with Gasteiger partial charge >= 0.3 is 41.7 Å². The van der Waals surface area contributed by atoms with Crippen molar-refractivity contribution in [1.82, 2.24) is 0 Å². The number of halogens is 2. The Morgan fingerprint density at radius 3 is 1.88 bits per heavy atom. The third-order valence-corrected chi connectivity index (χ3v) is 0.246. The molecule has 0 rings (SSSR count). The molecule has 0 atom stereocenters. The third kappa shape index (κ3) is 25.9. The molecule has 0 saturated heterocycles. The van der Waals surface area contributed by atoms with Gasteiger partial charge in [0.1, 0.15) is 0 Å². The summed E-state index contributed by atoms with van der Waals surface area (Å²) in [6, 6.07) is 0. The molecule has 1 radical (unpaired) electrons. The molecule has 47 valence electrons. The molecule has 0 saturated carbocycles. The van der Waals surface area contributed by atoms with Crippen molar-refractivity contribution in [2.45, 2.75) is 6.92 Å². The van der Waals surface area contributed by atoms with Gasteiger partial charge in [-0.3, -0.25) is 0 Å². The fraction of sp³-hybridized carbons (Fsp3) is 0.500. The van der Waals surface area contributed by atoms with Crippen molar-refractivity contribution in [2.24, 2.45) is 0 Å². The first-order chi connectivity index (χ1) is 2.41. The number of hydrogen-bond acceptors (Lipinski definition) is 1. The normalized spacial score (nSPS) is 4.12. The Kier molecular flexibility index (Phi) is 67.0. The van der Waals surface area contributed by atoms with Crippen LogP contribution in [0.1, 0.15) is 6.92 Å². The fourth-order valence-corrected chi connectivity index (χ4v) is 0.102. The fourth-order valence-electron chi connectivity index (χ4n) is 0.102. The molecule has 0 bridgehead atoms. The first-order valence-electron chi connectivity index (χ1n) is 1.55. The Morgan fingerprint density at radius 1 is 1.50 bits per heavy atom. The van der Waals surface area contributed by atoms with Crippen LogP contribution in [-0.2, 0) is 4.74 Å². The van der Waals surface area contributed by atoms with Gasteiger partial charge in [-0.25, -0.2) is 6.58 Å². The van der Waals surface area contributed by atoms with E-state index in [2.05, 4.69) is 17.6 Å². The van der Waals surface area contributed by atoms with E-state index < -0.39 is 0 Å². The molecule has 8 heavy (non-hydrogen) atoms. The van der Waals surface area contributed by atoms with Gasteiger partial charge in [0, 0.05) is 6.61 Å². The van der Waals surface area contributed by atoms with Gasteiger partial charge in [0.15, 0.2) is 0 Å². The van der Waals surface area contributed by atoms with E-state index in [0.29, 0.717) is 6.61 Å². The summed E-state index contributed by atoms with van der Waals surface area (Å²) < 4.78 is 4.47. The summed E-state index contributed by atoms with van der Waals surface area (Å²) >= 11 is 0. The molecule has 0 aromatic carbocycles. The van der Waals surface area contributed by atoms with Gasteiger partial charge in [0.2, 0.25) is 0 Å². The first kappa shape index (κ1) is 22.7. The molecule has 0 fully saturated rings. The zero-order valence-corrected chi connectivity index (χ0v) is 9.23. The van der Waals surface area contributed by atoms with Gasteiger partial charge in [0.25, 0.3) is 0 Å². The van der Waals surface area contributed by atoms with E-state index in [0.717, 1.165) is 0 Å². The van der Waals surface area contributed by atoms with Crippen molar-refractivity contribution in [3.63, 3.8) is 0 Å². The van der Waals surface area contributed by atoms with Crippen molar-refractivity contribution in [3.8, 4) is 0 Å². The summed E-state index contributed by atoms with van der Waals surface area (Å²) in [6.07, 6.45) is 2.27. The van der Waals surface area contributed by atoms with E-state index in [1.165, 1.54) is 0 Å². The van der Waals surface area contributed by atoms with Crippen LogP contribution in [-0.4, -0.2) is 6.61 Å². The molecule has 0 aromatic rings. The van der Waals surface area contributed by atoms with E-state index in [-0.39, 0.29) is 66.6 Å². The number of rotatable bonds is 2. The minimum absolute atomic E-state index is 0. The van der Waals surface area contributed by atoms with Gasteiger partial charge in [-0.1, -0.05) is 0 Å². The van der Waals surface area contributed by atoms with Gasteiger partial charge in [-0.15, -0.1) is 0 Å². The Morgan fingerprint density at radius 2 is 1.88 bits per heavy atom. The SMILES string of the molecule is C=[C-]OCC.[Ce+3].[Cl-].[Cl-]. The predicted octanol–water partition coefficient (Wildman–Crippen LogP) is -5.02. The Labute approximate surface area is 96.4 Å². The predicted molar refractivity (Wildman–Crippen MR) is 20.5 cm³/mol. The van der Waals surface area contributed by atoms with Crippen molar-refractivity contribution >= 4 is 0 Å². The van der Waals surface area contributed by atoms with Crippen LogP contribution < -0.4 is 24.8 Å². The second-order valence-electron chi connectivity index (χ2n) is 0.577. The van der Waals surface area contributed by atoms with Gasteiger partial charge in [-0.05, 0) is 6.92 Å². The summed E-state index contributed by atoms with van der Waals surface area (Å²) in [5.41, 5.74) is 0. The molecule has 0 heterocycles. The molecule has 0 aliphatic carbocycles. The largest absolute Gasteiger partial charge is 3.00 e.